The highest BCUT2D eigenvalue weighted by Gasteiger charge is 2.14. The van der Waals surface area contributed by atoms with Crippen molar-refractivity contribution in [2.75, 3.05) is 23.3 Å². The summed E-state index contributed by atoms with van der Waals surface area (Å²) in [5, 5.41) is 3.38. The molecule has 0 saturated carbocycles. The molecule has 3 aromatic carbocycles. The molecule has 1 aromatic heterocycles. The van der Waals surface area contributed by atoms with Crippen molar-refractivity contribution in [3.63, 3.8) is 0 Å². The Morgan fingerprint density at radius 1 is 0.938 bits per heavy atom. The minimum atomic E-state index is -0.219. The molecule has 32 heavy (non-hydrogen) atoms. The van der Waals surface area contributed by atoms with Crippen LogP contribution in [0, 0.1) is 0 Å². The molecule has 0 bridgehead atoms. The number of rotatable bonds is 5. The minimum Gasteiger partial charge on any atom is -0.457 e. The van der Waals surface area contributed by atoms with Crippen LogP contribution in [0.15, 0.2) is 72.9 Å². The summed E-state index contributed by atoms with van der Waals surface area (Å²) in [5.41, 5.74) is 2.81. The summed E-state index contributed by atoms with van der Waals surface area (Å²) >= 11 is 5.96. The van der Waals surface area contributed by atoms with Crippen molar-refractivity contribution >= 4 is 40.0 Å². The van der Waals surface area contributed by atoms with Gasteiger partial charge in [0.15, 0.2) is 0 Å². The molecule has 4 aromatic rings. The molecular formula is C25H21ClN4O2. The summed E-state index contributed by atoms with van der Waals surface area (Å²) in [6.45, 7) is 2.05. The van der Waals surface area contributed by atoms with Crippen molar-refractivity contribution in [1.82, 2.24) is 9.97 Å². The monoisotopic (exact) mass is 444 g/mol. The lowest BCUT2D eigenvalue weighted by Crippen LogP contribution is -2.19. The Bertz CT molecular complexity index is 1270. The third-order valence-electron chi connectivity index (χ3n) is 5.37. The zero-order valence-corrected chi connectivity index (χ0v) is 18.0. The van der Waals surface area contributed by atoms with Crippen molar-refractivity contribution in [1.29, 1.82) is 0 Å². The molecule has 1 N–H and O–H groups in total. The van der Waals surface area contributed by atoms with Gasteiger partial charge in [-0.05, 0) is 67.4 Å². The largest absolute Gasteiger partial charge is 0.457 e. The van der Waals surface area contributed by atoms with Crippen molar-refractivity contribution in [2.24, 2.45) is 0 Å². The standard InChI is InChI=1S/C25H21ClN4O2/c26-18-5-3-4-17(14-18)25(31)28-19-6-8-20(9-7-19)32-21-10-11-22-23(15-21)29-24(16-27-22)30-12-1-2-13-30/h3-11,14-16H,1-2,12-13H2,(H,28,31). The van der Waals surface area contributed by atoms with Crippen molar-refractivity contribution in [3.8, 4) is 11.5 Å². The molecule has 0 radical (unpaired) electrons. The van der Waals surface area contributed by atoms with Gasteiger partial charge in [-0.1, -0.05) is 17.7 Å². The number of hydrogen-bond donors (Lipinski definition) is 1. The summed E-state index contributed by atoms with van der Waals surface area (Å²) in [5.74, 6) is 2.03. The van der Waals surface area contributed by atoms with Crippen molar-refractivity contribution in [3.05, 3.63) is 83.5 Å². The molecule has 7 heteroatoms. The number of anilines is 2. The number of nitrogens with zero attached hydrogens (tertiary/aromatic N) is 3. The second-order valence-electron chi connectivity index (χ2n) is 7.66. The van der Waals surface area contributed by atoms with Gasteiger partial charge in [-0.15, -0.1) is 0 Å². The van der Waals surface area contributed by atoms with E-state index in [1.54, 1.807) is 36.4 Å². The highest BCUT2D eigenvalue weighted by atomic mass is 35.5. The number of carbonyl (C=O) groups excluding carboxylic acids is 1. The van der Waals surface area contributed by atoms with Gasteiger partial charge in [0.05, 0.1) is 17.2 Å². The number of ether oxygens (including phenoxy) is 1. The highest BCUT2D eigenvalue weighted by molar-refractivity contribution is 6.31. The van der Waals surface area contributed by atoms with Gasteiger partial charge in [-0.3, -0.25) is 9.78 Å². The first-order chi connectivity index (χ1) is 15.6. The number of carbonyl (C=O) groups is 1. The fraction of sp³-hybridized carbons (Fsp3) is 0.160. The Morgan fingerprint density at radius 2 is 1.72 bits per heavy atom. The van der Waals surface area contributed by atoms with E-state index in [-0.39, 0.29) is 5.91 Å². The van der Waals surface area contributed by atoms with Crippen LogP contribution in [0.4, 0.5) is 11.5 Å². The second-order valence-corrected chi connectivity index (χ2v) is 8.10. The average molecular weight is 445 g/mol. The number of nitrogens with one attached hydrogen (secondary N) is 1. The SMILES string of the molecule is O=C(Nc1ccc(Oc2ccc3ncc(N4CCCC4)nc3c2)cc1)c1cccc(Cl)c1. The number of halogens is 1. The second kappa shape index (κ2) is 8.85. The number of amides is 1. The first-order valence-corrected chi connectivity index (χ1v) is 10.9. The predicted octanol–water partition coefficient (Wildman–Crippen LogP) is 5.93. The third kappa shape index (κ3) is 4.50. The van der Waals surface area contributed by atoms with E-state index >= 15 is 0 Å². The van der Waals surface area contributed by atoms with Crippen LogP contribution in [0.2, 0.25) is 5.02 Å². The van der Waals surface area contributed by atoms with Crippen molar-refractivity contribution in [2.45, 2.75) is 12.8 Å². The first-order valence-electron chi connectivity index (χ1n) is 10.5. The molecule has 5 rings (SSSR count). The zero-order valence-electron chi connectivity index (χ0n) is 17.3. The van der Waals surface area contributed by atoms with E-state index in [1.165, 1.54) is 12.8 Å². The number of benzene rings is 3. The van der Waals surface area contributed by atoms with E-state index in [0.29, 0.717) is 27.8 Å². The summed E-state index contributed by atoms with van der Waals surface area (Å²) in [7, 11) is 0. The van der Waals surface area contributed by atoms with Crippen LogP contribution >= 0.6 is 11.6 Å². The smallest absolute Gasteiger partial charge is 0.255 e. The Balaban J connectivity index is 1.28. The van der Waals surface area contributed by atoms with Gasteiger partial charge < -0.3 is 15.0 Å². The number of aromatic nitrogens is 2. The predicted molar refractivity (Wildman–Crippen MR) is 127 cm³/mol. The topological polar surface area (TPSA) is 67.3 Å². The van der Waals surface area contributed by atoms with E-state index in [0.717, 1.165) is 29.9 Å². The molecule has 0 aliphatic carbocycles. The van der Waals surface area contributed by atoms with E-state index in [2.05, 4.69) is 15.2 Å². The molecule has 2 heterocycles. The zero-order chi connectivity index (χ0) is 21.9. The highest BCUT2D eigenvalue weighted by Crippen LogP contribution is 2.27. The molecule has 1 amide bonds. The van der Waals surface area contributed by atoms with Gasteiger partial charge in [0.2, 0.25) is 0 Å². The maximum Gasteiger partial charge on any atom is 0.255 e. The average Bonchev–Trinajstić information content (AvgIpc) is 3.35. The molecule has 1 aliphatic rings. The van der Waals surface area contributed by atoms with Gasteiger partial charge in [0.1, 0.15) is 17.3 Å². The lowest BCUT2D eigenvalue weighted by molar-refractivity contribution is 0.102. The van der Waals surface area contributed by atoms with Gasteiger partial charge in [0.25, 0.3) is 5.91 Å². The summed E-state index contributed by atoms with van der Waals surface area (Å²) in [6, 6.07) is 19.7. The molecule has 160 valence electrons. The van der Waals surface area contributed by atoms with E-state index in [4.69, 9.17) is 21.3 Å². The molecule has 6 nitrogen and oxygen atoms in total. The Morgan fingerprint density at radius 3 is 2.50 bits per heavy atom. The summed E-state index contributed by atoms with van der Waals surface area (Å²) < 4.78 is 6.00. The van der Waals surface area contributed by atoms with E-state index in [9.17, 15) is 4.79 Å². The molecular weight excluding hydrogens is 424 g/mol. The summed E-state index contributed by atoms with van der Waals surface area (Å²) in [6.07, 6.45) is 4.22. The Kier molecular flexibility index (Phi) is 5.60. The van der Waals surface area contributed by atoms with Crippen LogP contribution in [-0.2, 0) is 0 Å². The fourth-order valence-corrected chi connectivity index (χ4v) is 3.91. The molecule has 0 atom stereocenters. The fourth-order valence-electron chi connectivity index (χ4n) is 3.72. The van der Waals surface area contributed by atoms with Crippen LogP contribution in [0.25, 0.3) is 11.0 Å². The van der Waals surface area contributed by atoms with Crippen LogP contribution < -0.4 is 15.0 Å². The van der Waals surface area contributed by atoms with Crippen LogP contribution in [-0.4, -0.2) is 29.0 Å². The van der Waals surface area contributed by atoms with Crippen LogP contribution in [0.3, 0.4) is 0 Å². The Labute approximate surface area is 190 Å². The lowest BCUT2D eigenvalue weighted by atomic mass is 10.2. The van der Waals surface area contributed by atoms with E-state index < -0.39 is 0 Å². The van der Waals surface area contributed by atoms with Crippen LogP contribution in [0.1, 0.15) is 23.2 Å². The third-order valence-corrected chi connectivity index (χ3v) is 5.60. The molecule has 1 fully saturated rings. The van der Waals surface area contributed by atoms with Gasteiger partial charge in [-0.25, -0.2) is 4.98 Å². The first kappa shape index (κ1) is 20.3. The van der Waals surface area contributed by atoms with Gasteiger partial charge in [0, 0.05) is 35.4 Å². The molecule has 0 unspecified atom stereocenters. The summed E-state index contributed by atoms with van der Waals surface area (Å²) in [4.78, 5) is 23.9. The molecule has 1 saturated heterocycles. The van der Waals surface area contributed by atoms with Gasteiger partial charge in [-0.2, -0.15) is 0 Å². The number of fused-ring (bicyclic) bond motifs is 1. The van der Waals surface area contributed by atoms with Crippen molar-refractivity contribution < 1.29 is 9.53 Å². The maximum absolute atomic E-state index is 12.4. The Hall–Kier alpha value is -3.64. The van der Waals surface area contributed by atoms with Crippen LogP contribution in [0.5, 0.6) is 11.5 Å². The molecule has 1 aliphatic heterocycles. The minimum absolute atomic E-state index is 0.219. The van der Waals surface area contributed by atoms with E-state index in [1.807, 2.05) is 36.5 Å². The number of hydrogen-bond acceptors (Lipinski definition) is 5. The normalized spacial score (nSPS) is 13.3. The quantitative estimate of drug-likeness (QED) is 0.413. The lowest BCUT2D eigenvalue weighted by Gasteiger charge is -2.16. The molecule has 0 spiro atoms. The maximum atomic E-state index is 12.4. The van der Waals surface area contributed by atoms with Gasteiger partial charge >= 0.3 is 0 Å².